The van der Waals surface area contributed by atoms with Gasteiger partial charge in [-0.25, -0.2) is 8.42 Å². The third kappa shape index (κ3) is 3.93. The maximum absolute atomic E-state index is 12.7. The molecule has 1 aromatic rings. The summed E-state index contributed by atoms with van der Waals surface area (Å²) < 4.78 is 31.5. The predicted molar refractivity (Wildman–Crippen MR) is 85.8 cm³/mol. The summed E-state index contributed by atoms with van der Waals surface area (Å²) in [7, 11) is -3.79. The highest BCUT2D eigenvalue weighted by Crippen LogP contribution is 2.29. The molecule has 0 amide bonds. The summed E-state index contributed by atoms with van der Waals surface area (Å²) in [6.07, 6.45) is -0.00858. The van der Waals surface area contributed by atoms with E-state index in [2.05, 4.69) is 0 Å². The van der Waals surface area contributed by atoms with Gasteiger partial charge in [0, 0.05) is 13.1 Å². The van der Waals surface area contributed by atoms with Gasteiger partial charge in [0.25, 0.3) is 0 Å². The zero-order chi connectivity index (χ0) is 17.9. The summed E-state index contributed by atoms with van der Waals surface area (Å²) in [5.41, 5.74) is 0.538. The maximum atomic E-state index is 12.7. The van der Waals surface area contributed by atoms with Gasteiger partial charge in [0.2, 0.25) is 10.0 Å². The molecule has 0 unspecified atom stereocenters. The van der Waals surface area contributed by atoms with Crippen molar-refractivity contribution in [3.63, 3.8) is 0 Å². The Kier molecular flexibility index (Phi) is 5.61. The minimum atomic E-state index is -3.79. The molecule has 2 rings (SSSR count). The predicted octanol–water partition coefficient (Wildman–Crippen LogP) is 1.13. The quantitative estimate of drug-likeness (QED) is 0.768. The van der Waals surface area contributed by atoms with Crippen molar-refractivity contribution in [2.75, 3.05) is 19.7 Å². The van der Waals surface area contributed by atoms with Gasteiger partial charge >= 0.3 is 11.9 Å². The normalized spacial score (nSPS) is 21.6. The van der Waals surface area contributed by atoms with Crippen LogP contribution in [0.15, 0.2) is 29.2 Å². The molecule has 8 heteroatoms. The maximum Gasteiger partial charge on any atom is 0.310 e. The Balaban J connectivity index is 2.21. The fourth-order valence-electron chi connectivity index (χ4n) is 2.78. The van der Waals surface area contributed by atoms with Gasteiger partial charge < -0.3 is 9.84 Å². The number of hydrogen-bond acceptors (Lipinski definition) is 5. The average molecular weight is 355 g/mol. The van der Waals surface area contributed by atoms with Crippen LogP contribution in [0.1, 0.15) is 19.4 Å². The third-order valence-electron chi connectivity index (χ3n) is 4.09. The molecule has 0 radical (unpaired) electrons. The molecule has 2 atom stereocenters. The molecular formula is C16H21NO6S. The molecule has 132 valence electrons. The second-order valence-corrected chi connectivity index (χ2v) is 7.81. The Bertz CT molecular complexity index is 730. The van der Waals surface area contributed by atoms with Crippen LogP contribution in [-0.2, 0) is 30.8 Å². The second-order valence-electron chi connectivity index (χ2n) is 5.87. The number of carboxylic acid groups (broad SMARTS) is 1. The highest BCUT2D eigenvalue weighted by Gasteiger charge is 2.40. The van der Waals surface area contributed by atoms with Crippen molar-refractivity contribution in [3.8, 4) is 0 Å². The van der Waals surface area contributed by atoms with Crippen molar-refractivity contribution in [1.82, 2.24) is 4.31 Å². The van der Waals surface area contributed by atoms with E-state index in [0.717, 1.165) is 0 Å². The van der Waals surface area contributed by atoms with Crippen LogP contribution in [0, 0.1) is 11.8 Å². The lowest BCUT2D eigenvalue weighted by molar-refractivity contribution is -0.143. The first kappa shape index (κ1) is 18.4. The first-order valence-electron chi connectivity index (χ1n) is 7.73. The van der Waals surface area contributed by atoms with E-state index in [4.69, 9.17) is 9.84 Å². The first-order chi connectivity index (χ1) is 11.3. The monoisotopic (exact) mass is 355 g/mol. The van der Waals surface area contributed by atoms with Gasteiger partial charge in [-0.05, 0) is 30.5 Å². The molecule has 1 aromatic carbocycles. The zero-order valence-electron chi connectivity index (χ0n) is 13.6. The minimum Gasteiger partial charge on any atom is -0.481 e. The number of ether oxygens (including phenoxy) is 1. The van der Waals surface area contributed by atoms with Gasteiger partial charge in [-0.1, -0.05) is 19.1 Å². The third-order valence-corrected chi connectivity index (χ3v) is 5.91. The zero-order valence-corrected chi connectivity index (χ0v) is 14.5. The molecule has 1 N–H and O–H groups in total. The summed E-state index contributed by atoms with van der Waals surface area (Å²) in [4.78, 5) is 22.8. The van der Waals surface area contributed by atoms with Crippen LogP contribution in [0.4, 0.5) is 0 Å². The molecule has 24 heavy (non-hydrogen) atoms. The Morgan fingerprint density at radius 1 is 1.33 bits per heavy atom. The lowest BCUT2D eigenvalue weighted by atomic mass is 9.99. The van der Waals surface area contributed by atoms with Crippen LogP contribution in [0.5, 0.6) is 0 Å². The van der Waals surface area contributed by atoms with Crippen LogP contribution in [-0.4, -0.2) is 49.5 Å². The molecule has 1 fully saturated rings. The van der Waals surface area contributed by atoms with Crippen LogP contribution < -0.4 is 0 Å². The van der Waals surface area contributed by atoms with E-state index in [1.54, 1.807) is 26.0 Å². The van der Waals surface area contributed by atoms with Crippen molar-refractivity contribution in [2.24, 2.45) is 11.8 Å². The summed E-state index contributed by atoms with van der Waals surface area (Å²) >= 11 is 0. The van der Waals surface area contributed by atoms with Gasteiger partial charge in [0.1, 0.15) is 0 Å². The van der Waals surface area contributed by atoms with Crippen molar-refractivity contribution in [2.45, 2.75) is 25.2 Å². The van der Waals surface area contributed by atoms with Gasteiger partial charge in [-0.2, -0.15) is 4.31 Å². The molecule has 1 heterocycles. The average Bonchev–Trinajstić information content (AvgIpc) is 2.90. The van der Waals surface area contributed by atoms with Gasteiger partial charge in [-0.15, -0.1) is 0 Å². The summed E-state index contributed by atoms with van der Waals surface area (Å²) in [5, 5.41) is 9.16. The Morgan fingerprint density at radius 3 is 2.62 bits per heavy atom. The summed E-state index contributed by atoms with van der Waals surface area (Å²) in [5.74, 6) is -2.37. The van der Waals surface area contributed by atoms with E-state index in [1.807, 2.05) is 0 Å². The molecule has 0 bridgehead atoms. The molecule has 0 saturated carbocycles. The van der Waals surface area contributed by atoms with Crippen molar-refractivity contribution >= 4 is 22.0 Å². The van der Waals surface area contributed by atoms with Gasteiger partial charge in [0.15, 0.2) is 0 Å². The van der Waals surface area contributed by atoms with E-state index < -0.39 is 27.9 Å². The van der Waals surface area contributed by atoms with E-state index in [1.165, 1.54) is 16.4 Å². The number of benzene rings is 1. The molecule has 0 spiro atoms. The fraction of sp³-hybridized carbons (Fsp3) is 0.500. The number of rotatable bonds is 6. The van der Waals surface area contributed by atoms with Gasteiger partial charge in [0.05, 0.1) is 23.8 Å². The van der Waals surface area contributed by atoms with Crippen LogP contribution >= 0.6 is 0 Å². The largest absolute Gasteiger partial charge is 0.481 e. The number of nitrogens with zero attached hydrogens (tertiary/aromatic N) is 1. The van der Waals surface area contributed by atoms with Crippen LogP contribution in [0.2, 0.25) is 0 Å². The topological polar surface area (TPSA) is 101 Å². The highest BCUT2D eigenvalue weighted by molar-refractivity contribution is 7.89. The standard InChI is InChI=1S/C16H21NO6S/c1-3-23-15(18)8-12-5-4-6-13(7-12)24(21,22)17-9-11(2)14(10-17)16(19)20/h4-7,11,14H,3,8-10H2,1-2H3,(H,19,20)/t11-,14-/m1/s1. The molecule has 1 saturated heterocycles. The summed E-state index contributed by atoms with van der Waals surface area (Å²) in [6.45, 7) is 3.82. The number of esters is 1. The number of sulfonamides is 1. The highest BCUT2D eigenvalue weighted by atomic mass is 32.2. The fourth-order valence-corrected chi connectivity index (χ4v) is 4.42. The number of carboxylic acids is 1. The second kappa shape index (κ2) is 7.31. The molecule has 7 nitrogen and oxygen atoms in total. The SMILES string of the molecule is CCOC(=O)Cc1cccc(S(=O)(=O)N2C[C@@H](C)[C@H](C(=O)O)C2)c1. The Labute approximate surface area is 141 Å². The smallest absolute Gasteiger partial charge is 0.310 e. The van der Waals surface area contributed by atoms with Crippen molar-refractivity contribution in [3.05, 3.63) is 29.8 Å². The number of carbonyl (C=O) groups is 2. The minimum absolute atomic E-state index is 0.00858. The molecule has 1 aliphatic rings. The van der Waals surface area contributed by atoms with E-state index >= 15 is 0 Å². The van der Waals surface area contributed by atoms with Crippen molar-refractivity contribution in [1.29, 1.82) is 0 Å². The first-order valence-corrected chi connectivity index (χ1v) is 9.17. The van der Waals surface area contributed by atoms with Crippen LogP contribution in [0.25, 0.3) is 0 Å². The van der Waals surface area contributed by atoms with Gasteiger partial charge in [-0.3, -0.25) is 9.59 Å². The van der Waals surface area contributed by atoms with E-state index in [-0.39, 0.29) is 36.9 Å². The number of hydrogen-bond donors (Lipinski definition) is 1. The Hall–Kier alpha value is -1.93. The summed E-state index contributed by atoms with van der Waals surface area (Å²) in [6, 6.07) is 6.10. The lowest BCUT2D eigenvalue weighted by Crippen LogP contribution is -2.30. The van der Waals surface area contributed by atoms with E-state index in [0.29, 0.717) is 5.56 Å². The number of carbonyl (C=O) groups excluding carboxylic acids is 1. The molecule has 1 aliphatic heterocycles. The van der Waals surface area contributed by atoms with Crippen LogP contribution in [0.3, 0.4) is 0 Å². The Morgan fingerprint density at radius 2 is 2.04 bits per heavy atom. The molecule has 0 aliphatic carbocycles. The van der Waals surface area contributed by atoms with Crippen molar-refractivity contribution < 1.29 is 27.9 Å². The molecular weight excluding hydrogens is 334 g/mol. The number of aliphatic carboxylic acids is 1. The van der Waals surface area contributed by atoms with E-state index in [9.17, 15) is 18.0 Å². The molecule has 0 aromatic heterocycles. The lowest BCUT2D eigenvalue weighted by Gasteiger charge is -2.16.